The normalized spacial score (nSPS) is 13.0. The molecule has 0 aliphatic carbocycles. The fraction of sp³-hybridized carbons (Fsp3) is 0.133. The van der Waals surface area contributed by atoms with Crippen LogP contribution in [0, 0.1) is 4.77 Å². The fourth-order valence-corrected chi connectivity index (χ4v) is 2.76. The Bertz CT molecular complexity index is 850. The summed E-state index contributed by atoms with van der Waals surface area (Å²) in [6.45, 7) is 1.00. The zero-order valence-corrected chi connectivity index (χ0v) is 11.4. The predicted molar refractivity (Wildman–Crippen MR) is 78.8 cm³/mol. The Hall–Kier alpha value is -2.27. The minimum atomic E-state index is 0.297. The Balaban J connectivity index is 1.78. The first kappa shape index (κ1) is 11.5. The molecule has 4 rings (SSSR count). The molecule has 1 aliphatic rings. The van der Waals surface area contributed by atoms with E-state index in [1.807, 2.05) is 36.4 Å². The SMILES string of the molecule is S=c1[nH]c2ccccc2n1Cc1ccc2c(c1)OCO2. The van der Waals surface area contributed by atoms with Gasteiger partial charge in [0.25, 0.3) is 0 Å². The van der Waals surface area contributed by atoms with Crippen molar-refractivity contribution in [2.24, 2.45) is 0 Å². The molecule has 0 saturated heterocycles. The van der Waals surface area contributed by atoms with Crippen molar-refractivity contribution in [2.75, 3.05) is 6.79 Å². The number of fused-ring (bicyclic) bond motifs is 2. The van der Waals surface area contributed by atoms with Crippen LogP contribution in [0.5, 0.6) is 11.5 Å². The van der Waals surface area contributed by atoms with Gasteiger partial charge in [-0.1, -0.05) is 18.2 Å². The van der Waals surface area contributed by atoms with E-state index in [0.29, 0.717) is 13.3 Å². The van der Waals surface area contributed by atoms with E-state index in [2.05, 4.69) is 15.6 Å². The van der Waals surface area contributed by atoms with E-state index in [4.69, 9.17) is 21.7 Å². The van der Waals surface area contributed by atoms with Gasteiger partial charge in [-0.15, -0.1) is 0 Å². The van der Waals surface area contributed by atoms with Gasteiger partial charge in [-0.25, -0.2) is 0 Å². The summed E-state index contributed by atoms with van der Waals surface area (Å²) in [6, 6.07) is 14.1. The second-order valence-electron chi connectivity index (χ2n) is 4.72. The van der Waals surface area contributed by atoms with Crippen LogP contribution >= 0.6 is 12.2 Å². The molecule has 0 bridgehead atoms. The van der Waals surface area contributed by atoms with Crippen LogP contribution in [0.15, 0.2) is 42.5 Å². The van der Waals surface area contributed by atoms with Crippen molar-refractivity contribution < 1.29 is 9.47 Å². The van der Waals surface area contributed by atoms with Gasteiger partial charge in [-0.05, 0) is 42.0 Å². The lowest BCUT2D eigenvalue weighted by molar-refractivity contribution is 0.174. The Labute approximate surface area is 120 Å². The molecule has 0 atom stereocenters. The maximum absolute atomic E-state index is 5.41. The molecule has 0 radical (unpaired) electrons. The number of ether oxygens (including phenoxy) is 2. The van der Waals surface area contributed by atoms with Gasteiger partial charge in [0.2, 0.25) is 6.79 Å². The van der Waals surface area contributed by atoms with Gasteiger partial charge in [-0.2, -0.15) is 0 Å². The third kappa shape index (κ3) is 1.78. The first-order valence-corrected chi connectivity index (χ1v) is 6.78. The van der Waals surface area contributed by atoms with Gasteiger partial charge in [0.1, 0.15) is 0 Å². The molecule has 100 valence electrons. The highest BCUT2D eigenvalue weighted by Gasteiger charge is 2.13. The van der Waals surface area contributed by atoms with Crippen molar-refractivity contribution in [1.82, 2.24) is 9.55 Å². The average molecular weight is 284 g/mol. The molecule has 0 fully saturated rings. The maximum Gasteiger partial charge on any atom is 0.231 e. The Morgan fingerprint density at radius 3 is 2.90 bits per heavy atom. The van der Waals surface area contributed by atoms with Crippen LogP contribution in [0.4, 0.5) is 0 Å². The first-order chi connectivity index (χ1) is 9.81. The standard InChI is InChI=1S/C15H12N2O2S/c20-15-16-11-3-1-2-4-12(11)17(15)8-10-5-6-13-14(7-10)19-9-18-13/h1-7H,8-9H2,(H,16,20). The number of aromatic nitrogens is 2. The van der Waals surface area contributed by atoms with Crippen LogP contribution in [0.1, 0.15) is 5.56 Å². The molecular weight excluding hydrogens is 272 g/mol. The van der Waals surface area contributed by atoms with Gasteiger partial charge in [0.15, 0.2) is 16.3 Å². The lowest BCUT2D eigenvalue weighted by atomic mass is 10.2. The molecule has 0 spiro atoms. The molecule has 4 nitrogen and oxygen atoms in total. The van der Waals surface area contributed by atoms with E-state index in [-0.39, 0.29) is 0 Å². The van der Waals surface area contributed by atoms with Crippen molar-refractivity contribution in [1.29, 1.82) is 0 Å². The van der Waals surface area contributed by atoms with E-state index in [9.17, 15) is 0 Å². The smallest absolute Gasteiger partial charge is 0.231 e. The number of hydrogen-bond donors (Lipinski definition) is 1. The number of para-hydroxylation sites is 2. The first-order valence-electron chi connectivity index (χ1n) is 6.37. The van der Waals surface area contributed by atoms with Crippen LogP contribution in [-0.4, -0.2) is 16.3 Å². The summed E-state index contributed by atoms with van der Waals surface area (Å²) in [7, 11) is 0. The summed E-state index contributed by atoms with van der Waals surface area (Å²) in [5.41, 5.74) is 3.29. The molecule has 1 N–H and O–H groups in total. The number of rotatable bonds is 2. The molecule has 2 aromatic carbocycles. The van der Waals surface area contributed by atoms with Gasteiger partial charge < -0.3 is 19.0 Å². The second kappa shape index (κ2) is 4.38. The predicted octanol–water partition coefficient (Wildman–Crippen LogP) is 3.48. The van der Waals surface area contributed by atoms with Gasteiger partial charge >= 0.3 is 0 Å². The molecule has 3 aromatic rings. The summed E-state index contributed by atoms with van der Waals surface area (Å²) in [4.78, 5) is 3.22. The van der Waals surface area contributed by atoms with Gasteiger partial charge in [-0.3, -0.25) is 0 Å². The number of benzene rings is 2. The Morgan fingerprint density at radius 1 is 1.10 bits per heavy atom. The van der Waals surface area contributed by atoms with Crippen LogP contribution in [0.25, 0.3) is 11.0 Å². The molecule has 1 aliphatic heterocycles. The Kier molecular flexibility index (Phi) is 2.53. The summed E-state index contributed by atoms with van der Waals surface area (Å²) < 4.78 is 13.5. The minimum Gasteiger partial charge on any atom is -0.454 e. The van der Waals surface area contributed by atoms with Crippen molar-refractivity contribution in [3.8, 4) is 11.5 Å². The summed E-state index contributed by atoms with van der Waals surface area (Å²) in [6.07, 6.45) is 0. The van der Waals surface area contributed by atoms with Crippen LogP contribution in [0.2, 0.25) is 0 Å². The van der Waals surface area contributed by atoms with E-state index in [1.165, 1.54) is 0 Å². The summed E-state index contributed by atoms with van der Waals surface area (Å²) >= 11 is 5.40. The average Bonchev–Trinajstić information content (AvgIpc) is 3.04. The van der Waals surface area contributed by atoms with Crippen molar-refractivity contribution >= 4 is 23.3 Å². The topological polar surface area (TPSA) is 39.2 Å². The van der Waals surface area contributed by atoms with Crippen LogP contribution in [-0.2, 0) is 6.54 Å². The highest BCUT2D eigenvalue weighted by molar-refractivity contribution is 7.71. The molecule has 1 aromatic heterocycles. The molecule has 0 amide bonds. The third-order valence-electron chi connectivity index (χ3n) is 3.46. The number of imidazole rings is 1. The molecule has 0 saturated carbocycles. The monoisotopic (exact) mass is 284 g/mol. The zero-order valence-electron chi connectivity index (χ0n) is 10.6. The largest absolute Gasteiger partial charge is 0.454 e. The van der Waals surface area contributed by atoms with Crippen molar-refractivity contribution in [3.63, 3.8) is 0 Å². The molecule has 20 heavy (non-hydrogen) atoms. The number of H-pyrrole nitrogens is 1. The zero-order chi connectivity index (χ0) is 13.5. The van der Waals surface area contributed by atoms with E-state index >= 15 is 0 Å². The summed E-state index contributed by atoms with van der Waals surface area (Å²) in [5, 5.41) is 0. The molecule has 2 heterocycles. The number of aromatic amines is 1. The van der Waals surface area contributed by atoms with E-state index in [0.717, 1.165) is 32.9 Å². The number of hydrogen-bond acceptors (Lipinski definition) is 3. The second-order valence-corrected chi connectivity index (χ2v) is 5.11. The fourth-order valence-electron chi connectivity index (χ4n) is 2.49. The maximum atomic E-state index is 5.41. The van der Waals surface area contributed by atoms with E-state index < -0.39 is 0 Å². The molecular formula is C15H12N2O2S. The lowest BCUT2D eigenvalue weighted by Gasteiger charge is -2.06. The van der Waals surface area contributed by atoms with Crippen LogP contribution < -0.4 is 9.47 Å². The molecule has 0 unspecified atom stereocenters. The number of nitrogens with zero attached hydrogens (tertiary/aromatic N) is 1. The third-order valence-corrected chi connectivity index (χ3v) is 3.78. The summed E-state index contributed by atoms with van der Waals surface area (Å²) in [5.74, 6) is 1.60. The van der Waals surface area contributed by atoms with Crippen molar-refractivity contribution in [3.05, 3.63) is 52.8 Å². The number of nitrogens with one attached hydrogen (secondary N) is 1. The highest BCUT2D eigenvalue weighted by Crippen LogP contribution is 2.32. The quantitative estimate of drug-likeness (QED) is 0.732. The van der Waals surface area contributed by atoms with Crippen molar-refractivity contribution in [2.45, 2.75) is 6.54 Å². The lowest BCUT2D eigenvalue weighted by Crippen LogP contribution is -1.99. The van der Waals surface area contributed by atoms with E-state index in [1.54, 1.807) is 0 Å². The molecule has 5 heteroatoms. The minimum absolute atomic E-state index is 0.297. The van der Waals surface area contributed by atoms with Crippen LogP contribution in [0.3, 0.4) is 0 Å². The van der Waals surface area contributed by atoms with Gasteiger partial charge in [0, 0.05) is 0 Å². The Morgan fingerprint density at radius 2 is 1.95 bits per heavy atom. The van der Waals surface area contributed by atoms with Gasteiger partial charge in [0.05, 0.1) is 17.6 Å². The highest BCUT2D eigenvalue weighted by atomic mass is 32.1.